The van der Waals surface area contributed by atoms with Crippen molar-refractivity contribution >= 4 is 21.6 Å². The van der Waals surface area contributed by atoms with Crippen LogP contribution < -0.4 is 0 Å². The van der Waals surface area contributed by atoms with E-state index >= 15 is 0 Å². The van der Waals surface area contributed by atoms with Crippen molar-refractivity contribution in [3.05, 3.63) is 41.9 Å². The van der Waals surface area contributed by atoms with Crippen molar-refractivity contribution in [2.75, 3.05) is 13.6 Å². The number of fused-ring (bicyclic) bond motifs is 1. The molecule has 2 nitrogen and oxygen atoms in total. The molecule has 1 aromatic heterocycles. The molecule has 1 aromatic carbocycles. The van der Waals surface area contributed by atoms with Gasteiger partial charge in [0.25, 0.3) is 0 Å². The van der Waals surface area contributed by atoms with Crippen molar-refractivity contribution in [1.29, 1.82) is 0 Å². The van der Waals surface area contributed by atoms with Crippen LogP contribution in [0.3, 0.4) is 0 Å². The summed E-state index contributed by atoms with van der Waals surface area (Å²) in [6, 6.07) is 8.25. The quantitative estimate of drug-likeness (QED) is 0.733. The molecule has 2 rings (SSSR count). The summed E-state index contributed by atoms with van der Waals surface area (Å²) in [4.78, 5) is 6.78. The van der Waals surface area contributed by atoms with E-state index in [1.807, 2.05) is 12.1 Å². The Bertz CT molecular complexity index is 428. The Morgan fingerprint density at radius 3 is 3.00 bits per heavy atom. The fourth-order valence-corrected chi connectivity index (χ4v) is 2.55. The molecule has 0 saturated heterocycles. The minimum Gasteiger partial charge on any atom is -0.296 e. The number of hydrogen-bond donors (Lipinski definition) is 0. The molecule has 0 bridgehead atoms. The molecule has 0 amide bonds. The molecule has 78 valence electrons. The van der Waals surface area contributed by atoms with Crippen LogP contribution in [0, 0.1) is 0 Å². The molecule has 2 aromatic rings. The standard InChI is InChI=1S/C12H14N2S/c1-3-8-14(2)9-12-13-10-6-4-5-7-11(10)15-12/h3-7H,1,8-9H2,2H3. The predicted octanol–water partition coefficient (Wildman–Crippen LogP) is 2.91. The second-order valence-corrected chi connectivity index (χ2v) is 4.68. The molecule has 0 fully saturated rings. The van der Waals surface area contributed by atoms with Crippen LogP contribution in [0.15, 0.2) is 36.9 Å². The first-order valence-corrected chi connectivity index (χ1v) is 5.75. The lowest BCUT2D eigenvalue weighted by atomic mass is 10.3. The largest absolute Gasteiger partial charge is 0.296 e. The number of likely N-dealkylation sites (N-methyl/N-ethyl adjacent to an activating group) is 1. The third-order valence-corrected chi connectivity index (χ3v) is 3.21. The van der Waals surface area contributed by atoms with Gasteiger partial charge in [0.1, 0.15) is 5.01 Å². The normalized spacial score (nSPS) is 11.1. The maximum Gasteiger partial charge on any atom is 0.108 e. The highest BCUT2D eigenvalue weighted by Crippen LogP contribution is 2.22. The van der Waals surface area contributed by atoms with Crippen molar-refractivity contribution in [3.8, 4) is 0 Å². The van der Waals surface area contributed by atoms with E-state index < -0.39 is 0 Å². The summed E-state index contributed by atoms with van der Waals surface area (Å²) < 4.78 is 1.26. The first-order valence-electron chi connectivity index (χ1n) is 4.93. The van der Waals surface area contributed by atoms with E-state index in [1.165, 1.54) is 9.71 Å². The summed E-state index contributed by atoms with van der Waals surface area (Å²) in [5, 5.41) is 1.17. The van der Waals surface area contributed by atoms with E-state index in [-0.39, 0.29) is 0 Å². The minimum absolute atomic E-state index is 0.894. The molecule has 0 aliphatic carbocycles. The first kappa shape index (κ1) is 10.3. The molecular weight excluding hydrogens is 204 g/mol. The van der Waals surface area contributed by atoms with E-state index in [1.54, 1.807) is 11.3 Å². The summed E-state index contributed by atoms with van der Waals surface area (Å²) in [5.74, 6) is 0. The summed E-state index contributed by atoms with van der Waals surface area (Å²) in [6.45, 7) is 5.52. The topological polar surface area (TPSA) is 16.1 Å². The molecule has 0 spiro atoms. The highest BCUT2D eigenvalue weighted by atomic mass is 32.1. The Labute approximate surface area is 93.9 Å². The molecule has 0 aliphatic heterocycles. The smallest absolute Gasteiger partial charge is 0.108 e. The van der Waals surface area contributed by atoms with Gasteiger partial charge in [-0.05, 0) is 19.2 Å². The van der Waals surface area contributed by atoms with Crippen molar-refractivity contribution in [2.24, 2.45) is 0 Å². The first-order chi connectivity index (χ1) is 7.29. The van der Waals surface area contributed by atoms with Crippen LogP contribution in [0.1, 0.15) is 5.01 Å². The average Bonchev–Trinajstić information content (AvgIpc) is 2.59. The SMILES string of the molecule is C=CCN(C)Cc1nc2ccccc2s1. The van der Waals surface area contributed by atoms with Crippen LogP contribution in [-0.2, 0) is 6.54 Å². The van der Waals surface area contributed by atoms with Gasteiger partial charge < -0.3 is 0 Å². The van der Waals surface area contributed by atoms with E-state index in [0.717, 1.165) is 18.6 Å². The number of rotatable bonds is 4. The van der Waals surface area contributed by atoms with Crippen LogP contribution in [-0.4, -0.2) is 23.5 Å². The monoisotopic (exact) mass is 218 g/mol. The Hall–Kier alpha value is -1.19. The molecule has 3 heteroatoms. The van der Waals surface area contributed by atoms with Crippen molar-refractivity contribution in [3.63, 3.8) is 0 Å². The Morgan fingerprint density at radius 1 is 1.47 bits per heavy atom. The van der Waals surface area contributed by atoms with E-state index in [4.69, 9.17) is 0 Å². The number of nitrogens with zero attached hydrogens (tertiary/aromatic N) is 2. The van der Waals surface area contributed by atoms with Gasteiger partial charge in [0.15, 0.2) is 0 Å². The van der Waals surface area contributed by atoms with Crippen LogP contribution in [0.25, 0.3) is 10.2 Å². The molecule has 15 heavy (non-hydrogen) atoms. The van der Waals surface area contributed by atoms with Gasteiger partial charge in [-0.1, -0.05) is 18.2 Å². The molecule has 0 unspecified atom stereocenters. The van der Waals surface area contributed by atoms with Gasteiger partial charge in [-0.25, -0.2) is 4.98 Å². The number of thiazole rings is 1. The summed E-state index contributed by atoms with van der Waals surface area (Å²) >= 11 is 1.76. The fourth-order valence-electron chi connectivity index (χ4n) is 1.50. The second kappa shape index (κ2) is 4.55. The zero-order valence-corrected chi connectivity index (χ0v) is 9.63. The Kier molecular flexibility index (Phi) is 3.14. The lowest BCUT2D eigenvalue weighted by Gasteiger charge is -2.10. The molecule has 0 aliphatic rings. The summed E-state index contributed by atoms with van der Waals surface area (Å²) in [6.07, 6.45) is 1.91. The van der Waals surface area contributed by atoms with Gasteiger partial charge in [-0.15, -0.1) is 17.9 Å². The van der Waals surface area contributed by atoms with E-state index in [2.05, 4.69) is 41.7 Å². The average molecular weight is 218 g/mol. The lowest BCUT2D eigenvalue weighted by molar-refractivity contribution is 0.363. The maximum absolute atomic E-state index is 4.58. The van der Waals surface area contributed by atoms with Crippen LogP contribution in [0.2, 0.25) is 0 Å². The van der Waals surface area contributed by atoms with E-state index in [9.17, 15) is 0 Å². The van der Waals surface area contributed by atoms with Gasteiger partial charge in [-0.2, -0.15) is 0 Å². The number of benzene rings is 1. The van der Waals surface area contributed by atoms with Gasteiger partial charge in [-0.3, -0.25) is 4.90 Å². The molecule has 0 atom stereocenters. The van der Waals surface area contributed by atoms with Crippen LogP contribution >= 0.6 is 11.3 Å². The van der Waals surface area contributed by atoms with E-state index in [0.29, 0.717) is 0 Å². The Morgan fingerprint density at radius 2 is 2.27 bits per heavy atom. The van der Waals surface area contributed by atoms with Crippen LogP contribution in [0.5, 0.6) is 0 Å². The molecule has 0 radical (unpaired) electrons. The maximum atomic E-state index is 4.58. The molecule has 1 heterocycles. The van der Waals surface area contributed by atoms with Crippen molar-refractivity contribution < 1.29 is 0 Å². The zero-order valence-electron chi connectivity index (χ0n) is 8.81. The van der Waals surface area contributed by atoms with Gasteiger partial charge in [0.2, 0.25) is 0 Å². The number of hydrogen-bond acceptors (Lipinski definition) is 3. The molecular formula is C12H14N2S. The molecule has 0 saturated carbocycles. The minimum atomic E-state index is 0.894. The third-order valence-electron chi connectivity index (χ3n) is 2.18. The van der Waals surface area contributed by atoms with Crippen molar-refractivity contribution in [1.82, 2.24) is 9.88 Å². The summed E-state index contributed by atoms with van der Waals surface area (Å²) in [5.41, 5.74) is 1.10. The Balaban J connectivity index is 2.18. The second-order valence-electron chi connectivity index (χ2n) is 3.56. The van der Waals surface area contributed by atoms with Gasteiger partial charge in [0.05, 0.1) is 16.8 Å². The highest BCUT2D eigenvalue weighted by molar-refractivity contribution is 7.18. The zero-order chi connectivity index (χ0) is 10.7. The number of aromatic nitrogens is 1. The van der Waals surface area contributed by atoms with Crippen molar-refractivity contribution in [2.45, 2.75) is 6.54 Å². The fraction of sp³-hybridized carbons (Fsp3) is 0.250. The third kappa shape index (κ3) is 2.43. The van der Waals surface area contributed by atoms with Gasteiger partial charge >= 0.3 is 0 Å². The highest BCUT2D eigenvalue weighted by Gasteiger charge is 2.04. The van der Waals surface area contributed by atoms with Crippen LogP contribution in [0.4, 0.5) is 0 Å². The summed E-state index contributed by atoms with van der Waals surface area (Å²) in [7, 11) is 2.08. The van der Waals surface area contributed by atoms with Gasteiger partial charge in [0, 0.05) is 6.54 Å². The molecule has 0 N–H and O–H groups in total. The predicted molar refractivity (Wildman–Crippen MR) is 66.2 cm³/mol. The number of para-hydroxylation sites is 1. The lowest BCUT2D eigenvalue weighted by Crippen LogP contribution is -2.17.